The highest BCUT2D eigenvalue weighted by Crippen LogP contribution is 2.48. The summed E-state index contributed by atoms with van der Waals surface area (Å²) in [6, 6.07) is 72.4. The van der Waals surface area contributed by atoms with E-state index in [0.29, 0.717) is 0 Å². The molecule has 4 heteroatoms. The predicted molar refractivity (Wildman–Crippen MR) is 263 cm³/mol. The number of furan rings is 4. The average molecular weight is 819 g/mol. The van der Waals surface area contributed by atoms with Crippen molar-refractivity contribution in [1.29, 1.82) is 0 Å². The Bertz CT molecular complexity index is 3920. The third kappa shape index (κ3) is 5.23. The number of para-hydroxylation sites is 2. The highest BCUT2D eigenvalue weighted by Gasteiger charge is 2.24. The summed E-state index contributed by atoms with van der Waals surface area (Å²) < 4.78 is 27.0. The molecule has 4 nitrogen and oxygen atoms in total. The molecule has 0 aliphatic carbocycles. The molecule has 4 aromatic heterocycles. The summed E-state index contributed by atoms with van der Waals surface area (Å²) in [7, 11) is 0. The van der Waals surface area contributed by atoms with Gasteiger partial charge in [-0.25, -0.2) is 0 Å². The van der Waals surface area contributed by atoms with Crippen LogP contribution in [0.5, 0.6) is 0 Å². The lowest BCUT2D eigenvalue weighted by Gasteiger charge is -2.04. The van der Waals surface area contributed by atoms with Crippen LogP contribution >= 0.6 is 0 Å². The summed E-state index contributed by atoms with van der Waals surface area (Å²) in [4.78, 5) is 0. The second-order valence-electron chi connectivity index (χ2n) is 16.7. The maximum atomic E-state index is 7.13. The molecule has 298 valence electrons. The molecule has 0 aliphatic rings. The predicted octanol–water partition coefficient (Wildman–Crippen LogP) is 17.6. The first-order valence-corrected chi connectivity index (χ1v) is 21.6. The zero-order chi connectivity index (χ0) is 41.9. The first-order valence-electron chi connectivity index (χ1n) is 21.6. The molecule has 0 N–H and O–H groups in total. The SMILES string of the molecule is c1ccc(-c2ccc3oc4ccc(-c5cccc6c5oc5c(-c7ccccc7)c7oc8c(-c9ccc%10oc%11ccc(-c%12ccccc%12)cc%11c%10c9)cccc8c7cc56)cc4c3c2)cc1. The van der Waals surface area contributed by atoms with Gasteiger partial charge < -0.3 is 17.7 Å². The van der Waals surface area contributed by atoms with Crippen molar-refractivity contribution < 1.29 is 17.7 Å². The largest absolute Gasteiger partial charge is 0.456 e. The van der Waals surface area contributed by atoms with Gasteiger partial charge in [-0.2, -0.15) is 0 Å². The number of fused-ring (bicyclic) bond motifs is 12. The molecule has 0 unspecified atom stereocenters. The van der Waals surface area contributed by atoms with Crippen LogP contribution in [0.15, 0.2) is 224 Å². The van der Waals surface area contributed by atoms with Crippen molar-refractivity contribution in [3.05, 3.63) is 206 Å². The van der Waals surface area contributed by atoms with Crippen LogP contribution in [0.2, 0.25) is 0 Å². The van der Waals surface area contributed by atoms with Crippen LogP contribution in [-0.4, -0.2) is 0 Å². The van der Waals surface area contributed by atoms with E-state index in [1.807, 2.05) is 18.2 Å². The summed E-state index contributed by atoms with van der Waals surface area (Å²) in [5.74, 6) is 0. The highest BCUT2D eigenvalue weighted by atomic mass is 16.3. The van der Waals surface area contributed by atoms with Crippen molar-refractivity contribution in [3.63, 3.8) is 0 Å². The number of benzene rings is 10. The molecule has 10 aromatic carbocycles. The Balaban J connectivity index is 0.957. The molecule has 0 saturated heterocycles. The lowest BCUT2D eigenvalue weighted by Crippen LogP contribution is -1.80. The molecule has 0 amide bonds. The molecular weight excluding hydrogens is 785 g/mol. The van der Waals surface area contributed by atoms with Gasteiger partial charge in [0.1, 0.15) is 44.7 Å². The maximum absolute atomic E-state index is 7.13. The zero-order valence-electron chi connectivity index (χ0n) is 34.3. The Morgan fingerprint density at radius 3 is 1.00 bits per heavy atom. The smallest absolute Gasteiger partial charge is 0.147 e. The first-order chi connectivity index (χ1) is 31.7. The third-order valence-corrected chi connectivity index (χ3v) is 13.1. The van der Waals surface area contributed by atoms with Crippen molar-refractivity contribution in [1.82, 2.24) is 0 Å². The minimum absolute atomic E-state index is 0.796. The summed E-state index contributed by atoms with van der Waals surface area (Å²) in [6.07, 6.45) is 0. The fourth-order valence-corrected chi connectivity index (χ4v) is 10.0. The standard InChI is InChI=1S/C60H34O4/c1-4-12-35(13-5-1)38-22-26-52-46(30-38)48-32-40(24-28-54(48)61-52)42-18-10-20-44-50-34-51-45-21-11-19-43(58(45)64-60(51)56(59(50)63-57(42)44)37-16-8-3-9-17-37)41-25-29-55-49(33-41)47-31-39(23-27-53(47)62-55)36-14-6-2-7-15-36/h1-34H. The van der Waals surface area contributed by atoms with E-state index in [1.165, 1.54) is 11.1 Å². The quantitative estimate of drug-likeness (QED) is 0.174. The van der Waals surface area contributed by atoms with E-state index in [9.17, 15) is 0 Å². The van der Waals surface area contributed by atoms with E-state index < -0.39 is 0 Å². The van der Waals surface area contributed by atoms with Gasteiger partial charge in [-0.05, 0) is 93.5 Å². The number of hydrogen-bond donors (Lipinski definition) is 0. The maximum Gasteiger partial charge on any atom is 0.147 e. The van der Waals surface area contributed by atoms with Gasteiger partial charge in [0.15, 0.2) is 0 Å². The third-order valence-electron chi connectivity index (χ3n) is 13.1. The van der Waals surface area contributed by atoms with Gasteiger partial charge in [-0.1, -0.05) is 152 Å². The summed E-state index contributed by atoms with van der Waals surface area (Å²) in [6.45, 7) is 0. The van der Waals surface area contributed by atoms with Gasteiger partial charge in [0, 0.05) is 54.2 Å². The second kappa shape index (κ2) is 13.4. The molecule has 0 atom stereocenters. The Morgan fingerprint density at radius 1 is 0.203 bits per heavy atom. The minimum atomic E-state index is 0.796. The highest BCUT2D eigenvalue weighted by molar-refractivity contribution is 6.24. The zero-order valence-corrected chi connectivity index (χ0v) is 34.3. The molecule has 64 heavy (non-hydrogen) atoms. The monoisotopic (exact) mass is 818 g/mol. The fourth-order valence-electron chi connectivity index (χ4n) is 10.0. The Morgan fingerprint density at radius 2 is 0.578 bits per heavy atom. The molecule has 4 heterocycles. The van der Waals surface area contributed by atoms with E-state index in [2.05, 4.69) is 188 Å². The van der Waals surface area contributed by atoms with E-state index in [-0.39, 0.29) is 0 Å². The van der Waals surface area contributed by atoms with Crippen LogP contribution in [0.4, 0.5) is 0 Å². The summed E-state index contributed by atoms with van der Waals surface area (Å²) in [5, 5.41) is 8.49. The lowest BCUT2D eigenvalue weighted by atomic mass is 9.96. The number of rotatable bonds is 5. The van der Waals surface area contributed by atoms with Crippen LogP contribution in [0.1, 0.15) is 0 Å². The Labute approximate surface area is 365 Å². The Hall–Kier alpha value is -8.60. The molecule has 14 aromatic rings. The first kappa shape index (κ1) is 35.0. The van der Waals surface area contributed by atoms with Crippen molar-refractivity contribution >= 4 is 87.8 Å². The molecule has 0 saturated carbocycles. The van der Waals surface area contributed by atoms with Crippen molar-refractivity contribution in [2.45, 2.75) is 0 Å². The van der Waals surface area contributed by atoms with E-state index in [4.69, 9.17) is 17.7 Å². The van der Waals surface area contributed by atoms with Crippen LogP contribution < -0.4 is 0 Å². The van der Waals surface area contributed by atoms with Crippen molar-refractivity contribution in [3.8, 4) is 55.6 Å². The summed E-state index contributed by atoms with van der Waals surface area (Å²) in [5.41, 5.74) is 17.5. The molecular formula is C60H34O4. The van der Waals surface area contributed by atoms with Crippen molar-refractivity contribution in [2.24, 2.45) is 0 Å². The Kier molecular flexibility index (Phi) is 7.36. The molecule has 0 radical (unpaired) electrons. The van der Waals surface area contributed by atoms with Gasteiger partial charge >= 0.3 is 0 Å². The molecule has 14 rings (SSSR count). The topological polar surface area (TPSA) is 52.6 Å². The van der Waals surface area contributed by atoms with Gasteiger partial charge in [0.05, 0.1) is 5.56 Å². The van der Waals surface area contributed by atoms with Gasteiger partial charge in [-0.3, -0.25) is 0 Å². The van der Waals surface area contributed by atoms with Crippen LogP contribution in [0, 0.1) is 0 Å². The molecule has 0 aliphatic heterocycles. The molecule has 0 spiro atoms. The normalized spacial score (nSPS) is 12.1. The van der Waals surface area contributed by atoms with Crippen molar-refractivity contribution in [2.75, 3.05) is 0 Å². The van der Waals surface area contributed by atoms with Crippen LogP contribution in [0.25, 0.3) is 143 Å². The van der Waals surface area contributed by atoms with Gasteiger partial charge in [0.2, 0.25) is 0 Å². The fraction of sp³-hybridized carbons (Fsp3) is 0. The van der Waals surface area contributed by atoms with E-state index >= 15 is 0 Å². The average Bonchev–Trinajstić information content (AvgIpc) is 4.13. The molecule has 0 bridgehead atoms. The number of hydrogen-bond acceptors (Lipinski definition) is 4. The van der Waals surface area contributed by atoms with Crippen LogP contribution in [-0.2, 0) is 0 Å². The van der Waals surface area contributed by atoms with Crippen LogP contribution in [0.3, 0.4) is 0 Å². The minimum Gasteiger partial charge on any atom is -0.456 e. The molecule has 0 fully saturated rings. The van der Waals surface area contributed by atoms with E-state index in [0.717, 1.165) is 132 Å². The van der Waals surface area contributed by atoms with Gasteiger partial charge in [-0.15, -0.1) is 0 Å². The second-order valence-corrected chi connectivity index (χ2v) is 16.7. The lowest BCUT2D eigenvalue weighted by molar-refractivity contribution is 0.659. The summed E-state index contributed by atoms with van der Waals surface area (Å²) >= 11 is 0. The van der Waals surface area contributed by atoms with E-state index in [1.54, 1.807) is 0 Å². The van der Waals surface area contributed by atoms with Gasteiger partial charge in [0.25, 0.3) is 0 Å².